The first-order valence-electron chi connectivity index (χ1n) is 7.38. The molecule has 0 spiro atoms. The normalized spacial score (nSPS) is 14.8. The standard InChI is InChI=1S/C15H19F2N3O3/c1-2-18-15(22)20-8-6-19(7-9-20)13(21)11-4-3-5-12(10-11)23-14(16)17/h3-5,10,14H,2,6-9H2,1H3,(H,18,22). The summed E-state index contributed by atoms with van der Waals surface area (Å²) in [7, 11) is 0. The number of benzene rings is 1. The number of nitrogens with zero attached hydrogens (tertiary/aromatic N) is 2. The number of ether oxygens (including phenoxy) is 1. The number of nitrogens with one attached hydrogen (secondary N) is 1. The lowest BCUT2D eigenvalue weighted by molar-refractivity contribution is -0.0499. The molecule has 23 heavy (non-hydrogen) atoms. The van der Waals surface area contributed by atoms with Crippen LogP contribution < -0.4 is 10.1 Å². The zero-order valence-corrected chi connectivity index (χ0v) is 12.8. The molecule has 0 aromatic heterocycles. The predicted molar refractivity (Wildman–Crippen MR) is 79.6 cm³/mol. The Kier molecular flexibility index (Phi) is 5.72. The Balaban J connectivity index is 1.96. The summed E-state index contributed by atoms with van der Waals surface area (Å²) in [6, 6.07) is 5.57. The lowest BCUT2D eigenvalue weighted by atomic mass is 10.1. The Hall–Kier alpha value is -2.38. The van der Waals surface area contributed by atoms with E-state index in [1.54, 1.807) is 15.9 Å². The van der Waals surface area contributed by atoms with E-state index in [0.29, 0.717) is 32.7 Å². The molecule has 0 radical (unpaired) electrons. The van der Waals surface area contributed by atoms with Gasteiger partial charge in [-0.15, -0.1) is 0 Å². The number of rotatable bonds is 4. The van der Waals surface area contributed by atoms with E-state index < -0.39 is 6.61 Å². The maximum atomic E-state index is 12.4. The Bertz CT molecular complexity index is 561. The van der Waals surface area contributed by atoms with E-state index in [4.69, 9.17) is 0 Å². The van der Waals surface area contributed by atoms with Gasteiger partial charge in [0.1, 0.15) is 5.75 Å². The molecular weight excluding hydrogens is 308 g/mol. The predicted octanol–water partition coefficient (Wildman–Crippen LogP) is 1.78. The number of amides is 3. The van der Waals surface area contributed by atoms with Gasteiger partial charge >= 0.3 is 12.6 Å². The van der Waals surface area contributed by atoms with Gasteiger partial charge in [0.25, 0.3) is 5.91 Å². The van der Waals surface area contributed by atoms with Crippen molar-refractivity contribution in [3.63, 3.8) is 0 Å². The number of halogens is 2. The van der Waals surface area contributed by atoms with Crippen LogP contribution in [0.1, 0.15) is 17.3 Å². The van der Waals surface area contributed by atoms with Gasteiger partial charge in [0.2, 0.25) is 0 Å². The summed E-state index contributed by atoms with van der Waals surface area (Å²) in [6.07, 6.45) is 0. The van der Waals surface area contributed by atoms with Crippen molar-refractivity contribution in [2.75, 3.05) is 32.7 Å². The Morgan fingerprint density at radius 3 is 2.48 bits per heavy atom. The molecule has 0 atom stereocenters. The Morgan fingerprint density at radius 1 is 1.22 bits per heavy atom. The lowest BCUT2D eigenvalue weighted by Gasteiger charge is -2.34. The van der Waals surface area contributed by atoms with Gasteiger partial charge in [-0.2, -0.15) is 8.78 Å². The first-order chi connectivity index (χ1) is 11.0. The second kappa shape index (κ2) is 7.75. The van der Waals surface area contributed by atoms with Crippen molar-refractivity contribution in [3.8, 4) is 5.75 Å². The molecule has 1 aliphatic rings. The highest BCUT2D eigenvalue weighted by Crippen LogP contribution is 2.18. The van der Waals surface area contributed by atoms with Gasteiger partial charge in [0.05, 0.1) is 0 Å². The van der Waals surface area contributed by atoms with Gasteiger partial charge < -0.3 is 19.9 Å². The van der Waals surface area contributed by atoms with Crippen molar-refractivity contribution in [2.24, 2.45) is 0 Å². The molecule has 1 aliphatic heterocycles. The second-order valence-electron chi connectivity index (χ2n) is 5.02. The monoisotopic (exact) mass is 327 g/mol. The average Bonchev–Trinajstić information content (AvgIpc) is 2.54. The molecule has 1 heterocycles. The van der Waals surface area contributed by atoms with Crippen LogP contribution in [-0.4, -0.2) is 61.1 Å². The zero-order chi connectivity index (χ0) is 16.8. The maximum absolute atomic E-state index is 12.4. The molecule has 126 valence electrons. The minimum absolute atomic E-state index is 0.0493. The Morgan fingerprint density at radius 2 is 1.87 bits per heavy atom. The topological polar surface area (TPSA) is 61.9 Å². The minimum atomic E-state index is -2.93. The van der Waals surface area contributed by atoms with Gasteiger partial charge in [0, 0.05) is 38.3 Å². The highest BCUT2D eigenvalue weighted by molar-refractivity contribution is 5.94. The first-order valence-corrected chi connectivity index (χ1v) is 7.38. The molecule has 0 saturated carbocycles. The molecule has 1 fully saturated rings. The van der Waals surface area contributed by atoms with Crippen molar-refractivity contribution in [2.45, 2.75) is 13.5 Å². The van der Waals surface area contributed by atoms with Gasteiger partial charge in [-0.25, -0.2) is 4.79 Å². The number of alkyl halides is 2. The van der Waals surface area contributed by atoms with Crippen LogP contribution in [0.3, 0.4) is 0 Å². The molecule has 6 nitrogen and oxygen atoms in total. The van der Waals surface area contributed by atoms with Crippen molar-refractivity contribution in [3.05, 3.63) is 29.8 Å². The summed E-state index contributed by atoms with van der Waals surface area (Å²) in [5.74, 6) is -0.313. The molecule has 3 amide bonds. The van der Waals surface area contributed by atoms with Crippen LogP contribution in [0.5, 0.6) is 5.75 Å². The molecule has 1 aromatic rings. The molecule has 1 saturated heterocycles. The van der Waals surface area contributed by atoms with Crippen molar-refractivity contribution in [1.29, 1.82) is 0 Å². The van der Waals surface area contributed by atoms with E-state index in [0.717, 1.165) is 0 Å². The van der Waals surface area contributed by atoms with Crippen molar-refractivity contribution < 1.29 is 23.1 Å². The van der Waals surface area contributed by atoms with Crippen LogP contribution >= 0.6 is 0 Å². The molecule has 0 unspecified atom stereocenters. The summed E-state index contributed by atoms with van der Waals surface area (Å²) in [5, 5.41) is 2.71. The molecular formula is C15H19F2N3O3. The minimum Gasteiger partial charge on any atom is -0.435 e. The molecule has 1 N–H and O–H groups in total. The number of carbonyl (C=O) groups excluding carboxylic acids is 2. The number of hydrogen-bond acceptors (Lipinski definition) is 3. The van der Waals surface area contributed by atoms with Crippen LogP contribution in [0.25, 0.3) is 0 Å². The lowest BCUT2D eigenvalue weighted by Crippen LogP contribution is -2.53. The fourth-order valence-electron chi connectivity index (χ4n) is 2.36. The molecule has 2 rings (SSSR count). The van der Waals surface area contributed by atoms with Gasteiger partial charge in [-0.1, -0.05) is 6.07 Å². The van der Waals surface area contributed by atoms with Gasteiger partial charge in [-0.05, 0) is 25.1 Å². The summed E-state index contributed by atoms with van der Waals surface area (Å²) >= 11 is 0. The van der Waals surface area contributed by atoms with E-state index in [1.807, 2.05) is 6.92 Å². The summed E-state index contributed by atoms with van der Waals surface area (Å²) in [4.78, 5) is 27.4. The van der Waals surface area contributed by atoms with Crippen LogP contribution in [0.2, 0.25) is 0 Å². The smallest absolute Gasteiger partial charge is 0.387 e. The largest absolute Gasteiger partial charge is 0.435 e. The fourth-order valence-corrected chi connectivity index (χ4v) is 2.36. The van der Waals surface area contributed by atoms with E-state index in [-0.39, 0.29) is 23.3 Å². The number of hydrogen-bond donors (Lipinski definition) is 1. The van der Waals surface area contributed by atoms with Gasteiger partial charge in [-0.3, -0.25) is 4.79 Å². The van der Waals surface area contributed by atoms with Gasteiger partial charge in [0.15, 0.2) is 0 Å². The highest BCUT2D eigenvalue weighted by atomic mass is 19.3. The third-order valence-corrected chi connectivity index (χ3v) is 3.49. The number of carbonyl (C=O) groups is 2. The molecule has 1 aromatic carbocycles. The molecule has 0 aliphatic carbocycles. The Labute approximate surface area is 133 Å². The van der Waals surface area contributed by atoms with E-state index in [2.05, 4.69) is 10.1 Å². The summed E-state index contributed by atoms with van der Waals surface area (Å²) < 4.78 is 28.8. The average molecular weight is 327 g/mol. The molecule has 0 bridgehead atoms. The highest BCUT2D eigenvalue weighted by Gasteiger charge is 2.24. The zero-order valence-electron chi connectivity index (χ0n) is 12.8. The number of urea groups is 1. The SMILES string of the molecule is CCNC(=O)N1CCN(C(=O)c2cccc(OC(F)F)c2)CC1. The fraction of sp³-hybridized carbons (Fsp3) is 0.467. The van der Waals surface area contributed by atoms with Crippen LogP contribution in [0, 0.1) is 0 Å². The van der Waals surface area contributed by atoms with E-state index in [1.165, 1.54) is 18.2 Å². The third-order valence-electron chi connectivity index (χ3n) is 3.49. The number of piperazine rings is 1. The first kappa shape index (κ1) is 17.0. The maximum Gasteiger partial charge on any atom is 0.387 e. The second-order valence-corrected chi connectivity index (χ2v) is 5.02. The van der Waals surface area contributed by atoms with Crippen molar-refractivity contribution in [1.82, 2.24) is 15.1 Å². The van der Waals surface area contributed by atoms with Crippen LogP contribution in [0.15, 0.2) is 24.3 Å². The quantitative estimate of drug-likeness (QED) is 0.917. The summed E-state index contributed by atoms with van der Waals surface area (Å²) in [5.41, 5.74) is 0.287. The van der Waals surface area contributed by atoms with E-state index >= 15 is 0 Å². The van der Waals surface area contributed by atoms with Crippen LogP contribution in [-0.2, 0) is 0 Å². The van der Waals surface area contributed by atoms with Crippen molar-refractivity contribution >= 4 is 11.9 Å². The van der Waals surface area contributed by atoms with E-state index in [9.17, 15) is 18.4 Å². The molecule has 8 heteroatoms. The third kappa shape index (κ3) is 4.54. The van der Waals surface area contributed by atoms with Crippen LogP contribution in [0.4, 0.5) is 13.6 Å². The summed E-state index contributed by atoms with van der Waals surface area (Å²) in [6.45, 7) is 1.13.